The molecular formula is C19H22N2O2S. The Balaban J connectivity index is 1.56. The number of carbonyl (C=O) groups is 1. The van der Waals surface area contributed by atoms with E-state index in [0.29, 0.717) is 12.8 Å². The second-order valence-corrected chi connectivity index (χ2v) is 7.34. The molecule has 4 nitrogen and oxygen atoms in total. The molecule has 0 aliphatic rings. The van der Waals surface area contributed by atoms with E-state index in [2.05, 4.69) is 35.4 Å². The molecule has 0 spiro atoms. The van der Waals surface area contributed by atoms with Crippen LogP contribution >= 0.6 is 11.3 Å². The lowest BCUT2D eigenvalue weighted by Gasteiger charge is -2.22. The van der Waals surface area contributed by atoms with Gasteiger partial charge in [-0.2, -0.15) is 0 Å². The van der Waals surface area contributed by atoms with Gasteiger partial charge in [0.1, 0.15) is 5.60 Å². The van der Waals surface area contributed by atoms with Crippen LogP contribution in [0.4, 0.5) is 0 Å². The SMILES string of the molecule is Cc1ccc2[nH]cc(CCC(=O)NCC(C)(O)c3cccs3)c2c1. The first kappa shape index (κ1) is 16.7. The molecule has 1 amide bonds. The lowest BCUT2D eigenvalue weighted by Crippen LogP contribution is -2.38. The number of fused-ring (bicyclic) bond motifs is 1. The number of thiophene rings is 1. The lowest BCUT2D eigenvalue weighted by molar-refractivity contribution is -0.122. The van der Waals surface area contributed by atoms with Crippen LogP contribution in [0.25, 0.3) is 10.9 Å². The summed E-state index contributed by atoms with van der Waals surface area (Å²) in [5.41, 5.74) is 2.42. The third-order valence-corrected chi connectivity index (χ3v) is 5.35. The van der Waals surface area contributed by atoms with Gasteiger partial charge in [0.2, 0.25) is 5.91 Å². The summed E-state index contributed by atoms with van der Waals surface area (Å²) < 4.78 is 0. The zero-order valence-corrected chi connectivity index (χ0v) is 14.7. The molecule has 2 aromatic heterocycles. The van der Waals surface area contributed by atoms with Crippen LogP contribution in [-0.2, 0) is 16.8 Å². The molecule has 0 aliphatic heterocycles. The zero-order valence-electron chi connectivity index (χ0n) is 13.9. The molecule has 0 fully saturated rings. The maximum Gasteiger partial charge on any atom is 0.220 e. The third-order valence-electron chi connectivity index (χ3n) is 4.23. The first-order valence-corrected chi connectivity index (χ1v) is 8.93. The van der Waals surface area contributed by atoms with E-state index in [0.717, 1.165) is 16.0 Å². The van der Waals surface area contributed by atoms with Gasteiger partial charge in [0, 0.05) is 28.4 Å². The molecule has 126 valence electrons. The van der Waals surface area contributed by atoms with Crippen molar-refractivity contribution in [1.82, 2.24) is 10.3 Å². The number of aliphatic hydroxyl groups is 1. The summed E-state index contributed by atoms with van der Waals surface area (Å²) in [6.07, 6.45) is 3.05. The standard InChI is InChI=1S/C19H22N2O2S/c1-13-5-7-16-15(10-13)14(11-20-16)6-8-18(22)21-12-19(2,23)17-4-3-9-24-17/h3-5,7,9-11,20,23H,6,8,12H2,1-2H3,(H,21,22). The minimum atomic E-state index is -1.03. The predicted octanol–water partition coefficient (Wildman–Crippen LogP) is 3.49. The Labute approximate surface area is 145 Å². The van der Waals surface area contributed by atoms with Gasteiger partial charge in [-0.05, 0) is 49.4 Å². The van der Waals surface area contributed by atoms with E-state index in [1.165, 1.54) is 22.3 Å². The summed E-state index contributed by atoms with van der Waals surface area (Å²) in [5, 5.41) is 16.4. The summed E-state index contributed by atoms with van der Waals surface area (Å²) in [6.45, 7) is 4.01. The molecule has 2 heterocycles. The Hall–Kier alpha value is -2.11. The number of aryl methyl sites for hydroxylation is 2. The maximum absolute atomic E-state index is 12.1. The molecule has 0 saturated carbocycles. The topological polar surface area (TPSA) is 65.1 Å². The highest BCUT2D eigenvalue weighted by Gasteiger charge is 2.24. The normalized spacial score (nSPS) is 13.8. The summed E-state index contributed by atoms with van der Waals surface area (Å²) in [4.78, 5) is 16.2. The van der Waals surface area contributed by atoms with Gasteiger partial charge in [-0.1, -0.05) is 17.7 Å². The van der Waals surface area contributed by atoms with Crippen LogP contribution in [0.1, 0.15) is 29.3 Å². The zero-order chi connectivity index (χ0) is 17.2. The number of aromatic nitrogens is 1. The first-order chi connectivity index (χ1) is 11.5. The number of hydrogen-bond donors (Lipinski definition) is 3. The van der Waals surface area contributed by atoms with Crippen molar-refractivity contribution in [2.75, 3.05) is 6.54 Å². The van der Waals surface area contributed by atoms with Crippen LogP contribution in [0.5, 0.6) is 0 Å². The fourth-order valence-corrected chi connectivity index (χ4v) is 3.57. The molecule has 24 heavy (non-hydrogen) atoms. The van der Waals surface area contributed by atoms with E-state index < -0.39 is 5.60 Å². The molecule has 1 unspecified atom stereocenters. The molecular weight excluding hydrogens is 320 g/mol. The van der Waals surface area contributed by atoms with Gasteiger partial charge in [-0.25, -0.2) is 0 Å². The van der Waals surface area contributed by atoms with Gasteiger partial charge in [-0.15, -0.1) is 11.3 Å². The van der Waals surface area contributed by atoms with Crippen molar-refractivity contribution < 1.29 is 9.90 Å². The van der Waals surface area contributed by atoms with Crippen molar-refractivity contribution >= 4 is 28.1 Å². The van der Waals surface area contributed by atoms with Crippen molar-refractivity contribution in [3.63, 3.8) is 0 Å². The van der Waals surface area contributed by atoms with Crippen molar-refractivity contribution in [2.24, 2.45) is 0 Å². The van der Waals surface area contributed by atoms with E-state index in [1.807, 2.05) is 23.7 Å². The van der Waals surface area contributed by atoms with Crippen LogP contribution in [0.2, 0.25) is 0 Å². The number of nitrogens with one attached hydrogen (secondary N) is 2. The summed E-state index contributed by atoms with van der Waals surface area (Å²) in [7, 11) is 0. The molecule has 1 aromatic carbocycles. The average Bonchev–Trinajstić information content (AvgIpc) is 3.21. The van der Waals surface area contributed by atoms with Crippen molar-refractivity contribution in [3.05, 3.63) is 57.9 Å². The fraction of sp³-hybridized carbons (Fsp3) is 0.316. The molecule has 0 radical (unpaired) electrons. The number of amides is 1. The minimum Gasteiger partial charge on any atom is -0.383 e. The van der Waals surface area contributed by atoms with E-state index in [1.54, 1.807) is 6.92 Å². The molecule has 5 heteroatoms. The highest BCUT2D eigenvalue weighted by molar-refractivity contribution is 7.10. The van der Waals surface area contributed by atoms with Crippen LogP contribution in [-0.4, -0.2) is 22.5 Å². The molecule has 3 aromatic rings. The van der Waals surface area contributed by atoms with Crippen molar-refractivity contribution in [3.8, 4) is 0 Å². The van der Waals surface area contributed by atoms with Crippen molar-refractivity contribution in [2.45, 2.75) is 32.3 Å². The molecule has 0 bridgehead atoms. The van der Waals surface area contributed by atoms with Gasteiger partial charge in [-0.3, -0.25) is 4.79 Å². The Morgan fingerprint density at radius 1 is 1.38 bits per heavy atom. The summed E-state index contributed by atoms with van der Waals surface area (Å²) in [6, 6.07) is 10.1. The molecule has 3 N–H and O–H groups in total. The van der Waals surface area contributed by atoms with E-state index in [9.17, 15) is 9.90 Å². The summed E-state index contributed by atoms with van der Waals surface area (Å²) in [5.74, 6) is -0.0474. The third kappa shape index (κ3) is 3.68. The van der Waals surface area contributed by atoms with Crippen LogP contribution in [0, 0.1) is 6.92 Å². The Kier molecular flexibility index (Phi) is 4.73. The van der Waals surface area contributed by atoms with Crippen LogP contribution in [0.3, 0.4) is 0 Å². The number of benzene rings is 1. The molecule has 0 saturated heterocycles. The highest BCUT2D eigenvalue weighted by Crippen LogP contribution is 2.24. The van der Waals surface area contributed by atoms with E-state index in [-0.39, 0.29) is 12.5 Å². The maximum atomic E-state index is 12.1. The van der Waals surface area contributed by atoms with E-state index >= 15 is 0 Å². The smallest absolute Gasteiger partial charge is 0.220 e. The van der Waals surface area contributed by atoms with Gasteiger partial charge in [0.25, 0.3) is 0 Å². The highest BCUT2D eigenvalue weighted by atomic mass is 32.1. The Morgan fingerprint density at radius 3 is 2.96 bits per heavy atom. The van der Waals surface area contributed by atoms with Crippen LogP contribution in [0.15, 0.2) is 41.9 Å². The van der Waals surface area contributed by atoms with Gasteiger partial charge in [0.15, 0.2) is 0 Å². The number of H-pyrrole nitrogens is 1. The van der Waals surface area contributed by atoms with Gasteiger partial charge < -0.3 is 15.4 Å². The molecule has 3 rings (SSSR count). The Bertz CT molecular complexity index is 834. The first-order valence-electron chi connectivity index (χ1n) is 8.05. The lowest BCUT2D eigenvalue weighted by atomic mass is 10.0. The Morgan fingerprint density at radius 2 is 2.21 bits per heavy atom. The number of aromatic amines is 1. The number of carbonyl (C=O) groups excluding carboxylic acids is 1. The fourth-order valence-electron chi connectivity index (χ4n) is 2.78. The van der Waals surface area contributed by atoms with Gasteiger partial charge in [0.05, 0.1) is 6.54 Å². The average molecular weight is 342 g/mol. The van der Waals surface area contributed by atoms with Crippen LogP contribution < -0.4 is 5.32 Å². The second kappa shape index (κ2) is 6.79. The van der Waals surface area contributed by atoms with E-state index in [4.69, 9.17) is 0 Å². The van der Waals surface area contributed by atoms with Crippen molar-refractivity contribution in [1.29, 1.82) is 0 Å². The predicted molar refractivity (Wildman–Crippen MR) is 98.3 cm³/mol. The number of hydrogen-bond acceptors (Lipinski definition) is 3. The number of rotatable bonds is 6. The van der Waals surface area contributed by atoms with Gasteiger partial charge >= 0.3 is 0 Å². The largest absolute Gasteiger partial charge is 0.383 e. The second-order valence-electron chi connectivity index (χ2n) is 6.39. The monoisotopic (exact) mass is 342 g/mol. The summed E-state index contributed by atoms with van der Waals surface area (Å²) >= 11 is 1.49. The molecule has 1 atom stereocenters. The minimum absolute atomic E-state index is 0.0474. The molecule has 0 aliphatic carbocycles. The quantitative estimate of drug-likeness (QED) is 0.642.